The lowest BCUT2D eigenvalue weighted by Gasteiger charge is -2.31. The summed E-state index contributed by atoms with van der Waals surface area (Å²) in [7, 11) is 1.90. The van der Waals surface area contributed by atoms with Gasteiger partial charge >= 0.3 is 0 Å². The van der Waals surface area contributed by atoms with E-state index in [1.165, 1.54) is 6.42 Å². The molecule has 2 heterocycles. The summed E-state index contributed by atoms with van der Waals surface area (Å²) in [6, 6.07) is 7.92. The van der Waals surface area contributed by atoms with Crippen LogP contribution in [-0.2, 0) is 9.47 Å². The van der Waals surface area contributed by atoms with Crippen LogP contribution in [0.5, 0.6) is 0 Å². The topological polar surface area (TPSA) is 42.0 Å². The molecule has 1 atom stereocenters. The second-order valence-corrected chi connectivity index (χ2v) is 6.62. The third kappa shape index (κ3) is 4.28. The standard InChI is InChI=1S/C19H28N2O3/c1-20(10-4-6-16-7-5-13-24-16)19(22)17-8-2-3-9-18(17)21-11-14-23-15-12-21/h2-3,8-9,16H,4-7,10-15H2,1H3. The van der Waals surface area contributed by atoms with Crippen LogP contribution in [0.15, 0.2) is 24.3 Å². The first-order chi connectivity index (χ1) is 11.8. The Labute approximate surface area is 144 Å². The van der Waals surface area contributed by atoms with Gasteiger partial charge in [-0.1, -0.05) is 12.1 Å². The van der Waals surface area contributed by atoms with Crippen molar-refractivity contribution in [2.45, 2.75) is 31.8 Å². The number of carbonyl (C=O) groups excluding carboxylic acids is 1. The molecule has 0 spiro atoms. The Morgan fingerprint density at radius 1 is 1.25 bits per heavy atom. The minimum absolute atomic E-state index is 0.101. The molecule has 132 valence electrons. The van der Waals surface area contributed by atoms with Crippen LogP contribution in [0.25, 0.3) is 0 Å². The van der Waals surface area contributed by atoms with Gasteiger partial charge in [0.25, 0.3) is 5.91 Å². The highest BCUT2D eigenvalue weighted by Crippen LogP contribution is 2.23. The van der Waals surface area contributed by atoms with Gasteiger partial charge in [-0.25, -0.2) is 0 Å². The summed E-state index contributed by atoms with van der Waals surface area (Å²) < 4.78 is 11.1. The monoisotopic (exact) mass is 332 g/mol. The van der Waals surface area contributed by atoms with Crippen molar-refractivity contribution in [2.75, 3.05) is 51.4 Å². The lowest BCUT2D eigenvalue weighted by molar-refractivity contribution is 0.0762. The van der Waals surface area contributed by atoms with Crippen molar-refractivity contribution in [1.29, 1.82) is 0 Å². The van der Waals surface area contributed by atoms with E-state index in [1.807, 2.05) is 36.2 Å². The molecule has 2 fully saturated rings. The highest BCUT2D eigenvalue weighted by molar-refractivity contribution is 5.99. The Hall–Kier alpha value is -1.59. The minimum Gasteiger partial charge on any atom is -0.378 e. The summed E-state index contributed by atoms with van der Waals surface area (Å²) in [6.45, 7) is 4.79. The third-order valence-corrected chi connectivity index (χ3v) is 4.88. The average Bonchev–Trinajstić information content (AvgIpc) is 3.15. The van der Waals surface area contributed by atoms with Gasteiger partial charge in [0, 0.05) is 39.0 Å². The Balaban J connectivity index is 1.58. The molecule has 0 bridgehead atoms. The maximum Gasteiger partial charge on any atom is 0.255 e. The first kappa shape index (κ1) is 17.2. The van der Waals surface area contributed by atoms with Crippen molar-refractivity contribution in [1.82, 2.24) is 4.90 Å². The fourth-order valence-corrected chi connectivity index (χ4v) is 3.47. The van der Waals surface area contributed by atoms with E-state index >= 15 is 0 Å². The summed E-state index contributed by atoms with van der Waals surface area (Å²) in [5.41, 5.74) is 1.82. The third-order valence-electron chi connectivity index (χ3n) is 4.88. The molecule has 1 aromatic rings. The van der Waals surface area contributed by atoms with Crippen LogP contribution < -0.4 is 4.90 Å². The van der Waals surface area contributed by atoms with Gasteiger partial charge in [0.1, 0.15) is 0 Å². The van der Waals surface area contributed by atoms with E-state index in [0.717, 1.165) is 70.0 Å². The largest absolute Gasteiger partial charge is 0.378 e. The summed E-state index contributed by atoms with van der Waals surface area (Å²) in [6.07, 6.45) is 4.77. The fraction of sp³-hybridized carbons (Fsp3) is 0.632. The van der Waals surface area contributed by atoms with Crippen molar-refractivity contribution in [3.05, 3.63) is 29.8 Å². The molecule has 3 rings (SSSR count). The highest BCUT2D eigenvalue weighted by atomic mass is 16.5. The van der Waals surface area contributed by atoms with Gasteiger partial charge in [-0.15, -0.1) is 0 Å². The maximum absolute atomic E-state index is 12.9. The minimum atomic E-state index is 0.101. The van der Waals surface area contributed by atoms with Crippen LogP contribution in [0.4, 0.5) is 5.69 Å². The van der Waals surface area contributed by atoms with Gasteiger partial charge < -0.3 is 19.3 Å². The van der Waals surface area contributed by atoms with Crippen LogP contribution in [0, 0.1) is 0 Å². The molecule has 1 unspecified atom stereocenters. The molecule has 0 saturated carbocycles. The Bertz CT molecular complexity index is 537. The Kier molecular flexibility index (Phi) is 6.10. The molecule has 5 heteroatoms. The van der Waals surface area contributed by atoms with E-state index in [-0.39, 0.29) is 5.91 Å². The number of rotatable bonds is 6. The fourth-order valence-electron chi connectivity index (χ4n) is 3.47. The number of hydrogen-bond acceptors (Lipinski definition) is 4. The summed E-state index contributed by atoms with van der Waals surface area (Å²) in [5, 5.41) is 0. The second kappa shape index (κ2) is 8.49. The van der Waals surface area contributed by atoms with Crippen LogP contribution in [0.1, 0.15) is 36.0 Å². The van der Waals surface area contributed by atoms with Crippen molar-refractivity contribution in [3.8, 4) is 0 Å². The molecule has 2 saturated heterocycles. The first-order valence-corrected chi connectivity index (χ1v) is 9.04. The zero-order valence-corrected chi connectivity index (χ0v) is 14.6. The first-order valence-electron chi connectivity index (χ1n) is 9.04. The zero-order chi connectivity index (χ0) is 16.8. The number of nitrogens with zero attached hydrogens (tertiary/aromatic N) is 2. The van der Waals surface area contributed by atoms with E-state index in [0.29, 0.717) is 6.10 Å². The number of anilines is 1. The van der Waals surface area contributed by atoms with E-state index in [1.54, 1.807) is 0 Å². The number of para-hydroxylation sites is 1. The van der Waals surface area contributed by atoms with Crippen LogP contribution in [-0.4, -0.2) is 63.4 Å². The predicted octanol–water partition coefficient (Wildman–Crippen LogP) is 2.55. The van der Waals surface area contributed by atoms with Crippen molar-refractivity contribution in [3.63, 3.8) is 0 Å². The summed E-state index contributed by atoms with van der Waals surface area (Å²) in [5.74, 6) is 0.101. The predicted molar refractivity (Wildman–Crippen MR) is 94.6 cm³/mol. The van der Waals surface area contributed by atoms with Crippen molar-refractivity contribution >= 4 is 11.6 Å². The van der Waals surface area contributed by atoms with Crippen molar-refractivity contribution in [2.24, 2.45) is 0 Å². The number of benzene rings is 1. The van der Waals surface area contributed by atoms with E-state index in [9.17, 15) is 4.79 Å². The average molecular weight is 332 g/mol. The van der Waals surface area contributed by atoms with Crippen LogP contribution in [0.2, 0.25) is 0 Å². The zero-order valence-electron chi connectivity index (χ0n) is 14.6. The van der Waals surface area contributed by atoms with Gasteiger partial charge in [-0.2, -0.15) is 0 Å². The van der Waals surface area contributed by atoms with Crippen molar-refractivity contribution < 1.29 is 14.3 Å². The SMILES string of the molecule is CN(CCCC1CCCO1)C(=O)c1ccccc1N1CCOCC1. The Morgan fingerprint density at radius 3 is 2.79 bits per heavy atom. The molecule has 2 aliphatic rings. The molecule has 0 N–H and O–H groups in total. The molecule has 0 radical (unpaired) electrons. The molecular weight excluding hydrogens is 304 g/mol. The Morgan fingerprint density at radius 2 is 2.04 bits per heavy atom. The molecule has 1 aromatic carbocycles. The molecule has 0 aromatic heterocycles. The van der Waals surface area contributed by atoms with Gasteiger partial charge in [0.15, 0.2) is 0 Å². The number of amides is 1. The number of ether oxygens (including phenoxy) is 2. The molecule has 1 amide bonds. The molecule has 0 aliphatic carbocycles. The lowest BCUT2D eigenvalue weighted by Crippen LogP contribution is -2.38. The van der Waals surface area contributed by atoms with E-state index < -0.39 is 0 Å². The van der Waals surface area contributed by atoms with Crippen LogP contribution in [0.3, 0.4) is 0 Å². The van der Waals surface area contributed by atoms with E-state index in [4.69, 9.17) is 9.47 Å². The number of hydrogen-bond donors (Lipinski definition) is 0. The second-order valence-electron chi connectivity index (χ2n) is 6.62. The number of morpholine rings is 1. The quantitative estimate of drug-likeness (QED) is 0.803. The number of carbonyl (C=O) groups is 1. The lowest BCUT2D eigenvalue weighted by atomic mass is 10.1. The van der Waals surface area contributed by atoms with E-state index in [2.05, 4.69) is 4.90 Å². The molecule has 5 nitrogen and oxygen atoms in total. The highest BCUT2D eigenvalue weighted by Gasteiger charge is 2.21. The molecule has 24 heavy (non-hydrogen) atoms. The van der Waals surface area contributed by atoms with Crippen LogP contribution >= 0.6 is 0 Å². The summed E-state index contributed by atoms with van der Waals surface area (Å²) >= 11 is 0. The summed E-state index contributed by atoms with van der Waals surface area (Å²) in [4.78, 5) is 17.0. The molecular formula is C19H28N2O3. The van der Waals surface area contributed by atoms with Gasteiger partial charge in [-0.3, -0.25) is 4.79 Å². The van der Waals surface area contributed by atoms with Gasteiger partial charge in [0.2, 0.25) is 0 Å². The maximum atomic E-state index is 12.9. The smallest absolute Gasteiger partial charge is 0.255 e. The normalized spacial score (nSPS) is 21.0. The molecule has 2 aliphatic heterocycles. The van der Waals surface area contributed by atoms with Gasteiger partial charge in [-0.05, 0) is 37.8 Å². The van der Waals surface area contributed by atoms with Gasteiger partial charge in [0.05, 0.1) is 24.9 Å².